The van der Waals surface area contributed by atoms with Crippen molar-refractivity contribution < 1.29 is 9.53 Å². The van der Waals surface area contributed by atoms with Gasteiger partial charge < -0.3 is 4.74 Å². The second-order valence-corrected chi connectivity index (χ2v) is 8.82. The maximum Gasteiger partial charge on any atom is 0.193 e. The minimum absolute atomic E-state index is 0. The highest BCUT2D eigenvalue weighted by atomic mass is 79.9. The van der Waals surface area contributed by atoms with Gasteiger partial charge >= 0.3 is 0 Å². The van der Waals surface area contributed by atoms with E-state index in [2.05, 4.69) is 27.4 Å². The van der Waals surface area contributed by atoms with Crippen LogP contribution in [0.5, 0.6) is 5.75 Å². The number of carbonyl (C=O) groups is 1. The van der Waals surface area contributed by atoms with Crippen molar-refractivity contribution in [2.45, 2.75) is 25.3 Å². The molecule has 2 unspecified atom stereocenters. The molecule has 29 heavy (non-hydrogen) atoms. The topological polar surface area (TPSA) is 29.5 Å². The van der Waals surface area contributed by atoms with Crippen LogP contribution in [-0.4, -0.2) is 36.4 Å². The molecule has 0 N–H and O–H groups in total. The molecule has 5 heteroatoms. The summed E-state index contributed by atoms with van der Waals surface area (Å²) in [7, 11) is 0. The first-order valence-electron chi connectivity index (χ1n) is 10.0. The van der Waals surface area contributed by atoms with Crippen molar-refractivity contribution in [3.8, 4) is 5.75 Å². The Morgan fingerprint density at radius 3 is 2.28 bits per heavy atom. The van der Waals surface area contributed by atoms with Crippen molar-refractivity contribution in [1.29, 1.82) is 0 Å². The van der Waals surface area contributed by atoms with Crippen LogP contribution >= 0.6 is 28.3 Å². The second kappa shape index (κ2) is 9.92. The standard InChI is InChI=1S/C24H26BrNO2.ClH/c1-2-13-26(22-9-10-22)15-19-14-20(19)16-28-23-11-5-18(6-12-23)24(27)17-3-7-21(25)8-4-17;/h2-8,11-12,19-20,22H,1,9-10,13-16H2;1H. The van der Waals surface area contributed by atoms with Crippen LogP contribution < -0.4 is 4.74 Å². The van der Waals surface area contributed by atoms with Crippen LogP contribution in [0, 0.1) is 11.8 Å². The van der Waals surface area contributed by atoms with Crippen LogP contribution in [-0.2, 0) is 0 Å². The van der Waals surface area contributed by atoms with Crippen LogP contribution in [0.3, 0.4) is 0 Å². The number of benzene rings is 2. The fourth-order valence-corrected chi connectivity index (χ4v) is 3.96. The second-order valence-electron chi connectivity index (χ2n) is 7.90. The molecule has 0 spiro atoms. The van der Waals surface area contributed by atoms with Crippen molar-refractivity contribution in [3.63, 3.8) is 0 Å². The van der Waals surface area contributed by atoms with Crippen molar-refractivity contribution in [2.75, 3.05) is 19.7 Å². The van der Waals surface area contributed by atoms with E-state index >= 15 is 0 Å². The van der Waals surface area contributed by atoms with E-state index in [9.17, 15) is 4.79 Å². The first-order chi connectivity index (χ1) is 13.6. The molecule has 154 valence electrons. The Morgan fingerprint density at radius 1 is 1.07 bits per heavy atom. The van der Waals surface area contributed by atoms with Gasteiger partial charge in [0.2, 0.25) is 0 Å². The lowest BCUT2D eigenvalue weighted by Gasteiger charge is -2.20. The molecular weight excluding hydrogens is 450 g/mol. The van der Waals surface area contributed by atoms with Gasteiger partial charge in [-0.2, -0.15) is 0 Å². The van der Waals surface area contributed by atoms with Gasteiger partial charge in [0.15, 0.2) is 5.78 Å². The third-order valence-corrected chi connectivity index (χ3v) is 6.18. The Bertz CT molecular complexity index is 833. The molecule has 4 rings (SSSR count). The molecule has 2 fully saturated rings. The highest BCUT2D eigenvalue weighted by Gasteiger charge is 2.41. The maximum absolute atomic E-state index is 12.5. The summed E-state index contributed by atoms with van der Waals surface area (Å²) in [5.74, 6) is 2.26. The van der Waals surface area contributed by atoms with Gasteiger partial charge in [-0.1, -0.05) is 22.0 Å². The first-order valence-corrected chi connectivity index (χ1v) is 10.8. The molecule has 2 aromatic rings. The van der Waals surface area contributed by atoms with E-state index < -0.39 is 0 Å². The smallest absolute Gasteiger partial charge is 0.193 e. The van der Waals surface area contributed by atoms with Crippen molar-refractivity contribution in [1.82, 2.24) is 4.90 Å². The highest BCUT2D eigenvalue weighted by molar-refractivity contribution is 9.10. The number of nitrogens with zero attached hydrogens (tertiary/aromatic N) is 1. The number of rotatable bonds is 10. The van der Waals surface area contributed by atoms with E-state index in [0.29, 0.717) is 17.0 Å². The van der Waals surface area contributed by atoms with Crippen molar-refractivity contribution >= 4 is 34.1 Å². The zero-order valence-electron chi connectivity index (χ0n) is 16.4. The molecule has 2 aliphatic carbocycles. The molecule has 0 aliphatic heterocycles. The molecule has 2 saturated carbocycles. The van der Waals surface area contributed by atoms with Gasteiger partial charge in [-0.05, 0) is 79.6 Å². The van der Waals surface area contributed by atoms with Crippen molar-refractivity contribution in [2.24, 2.45) is 11.8 Å². The van der Waals surface area contributed by atoms with Gasteiger partial charge in [0.1, 0.15) is 5.75 Å². The molecule has 0 bridgehead atoms. The summed E-state index contributed by atoms with van der Waals surface area (Å²) in [6, 6.07) is 15.7. The number of carbonyl (C=O) groups excluding carboxylic acids is 1. The predicted molar refractivity (Wildman–Crippen MR) is 123 cm³/mol. The summed E-state index contributed by atoms with van der Waals surface area (Å²) in [6.45, 7) is 6.82. The Morgan fingerprint density at radius 2 is 1.69 bits per heavy atom. The normalized spacial score (nSPS) is 20.1. The number of hydrogen-bond donors (Lipinski definition) is 0. The van der Waals surface area contributed by atoms with Gasteiger partial charge in [-0.25, -0.2) is 0 Å². The highest BCUT2D eigenvalue weighted by Crippen LogP contribution is 2.41. The fourth-order valence-electron chi connectivity index (χ4n) is 3.69. The number of ether oxygens (including phenoxy) is 1. The van der Waals surface area contributed by atoms with Crippen LogP contribution in [0.25, 0.3) is 0 Å². The number of hydrogen-bond acceptors (Lipinski definition) is 3. The quantitative estimate of drug-likeness (QED) is 0.322. The minimum atomic E-state index is 0. The lowest BCUT2D eigenvalue weighted by atomic mass is 10.0. The molecule has 0 saturated heterocycles. The number of halogens is 2. The Balaban J connectivity index is 0.00000240. The van der Waals surface area contributed by atoms with E-state index in [0.717, 1.165) is 35.3 Å². The SMILES string of the molecule is C=CCN(CC1CC1COc1ccc(C(=O)c2ccc(Br)cc2)cc1)C1CC1.Cl. The zero-order chi connectivity index (χ0) is 19.5. The van der Waals surface area contributed by atoms with Crippen LogP contribution in [0.1, 0.15) is 35.2 Å². The Hall–Kier alpha value is -1.62. The molecule has 3 nitrogen and oxygen atoms in total. The van der Waals surface area contributed by atoms with E-state index in [-0.39, 0.29) is 18.2 Å². The average molecular weight is 477 g/mol. The fraction of sp³-hybridized carbons (Fsp3) is 0.375. The lowest BCUT2D eigenvalue weighted by molar-refractivity contribution is 0.103. The predicted octanol–water partition coefficient (Wildman–Crippen LogP) is 5.77. The largest absolute Gasteiger partial charge is 0.493 e. The van der Waals surface area contributed by atoms with Crippen LogP contribution in [0.15, 0.2) is 65.7 Å². The Kier molecular flexibility index (Phi) is 7.55. The van der Waals surface area contributed by atoms with Gasteiger partial charge in [0.25, 0.3) is 0 Å². The maximum atomic E-state index is 12.5. The van der Waals surface area contributed by atoms with E-state index in [1.165, 1.54) is 25.8 Å². The van der Waals surface area contributed by atoms with Gasteiger partial charge in [-0.15, -0.1) is 19.0 Å². The summed E-state index contributed by atoms with van der Waals surface area (Å²) in [6.07, 6.45) is 5.95. The van der Waals surface area contributed by atoms with Crippen LogP contribution in [0.4, 0.5) is 0 Å². The summed E-state index contributed by atoms with van der Waals surface area (Å²) in [5.41, 5.74) is 1.38. The third kappa shape index (κ3) is 5.94. The average Bonchev–Trinajstić information content (AvgIpc) is 3.62. The lowest BCUT2D eigenvalue weighted by Crippen LogP contribution is -2.29. The minimum Gasteiger partial charge on any atom is -0.493 e. The molecule has 0 aromatic heterocycles. The summed E-state index contributed by atoms with van der Waals surface area (Å²) < 4.78 is 6.95. The van der Waals surface area contributed by atoms with Crippen LogP contribution in [0.2, 0.25) is 0 Å². The number of ketones is 1. The zero-order valence-corrected chi connectivity index (χ0v) is 18.8. The summed E-state index contributed by atoms with van der Waals surface area (Å²) in [5, 5.41) is 0. The first kappa shape index (κ1) is 22.1. The molecule has 0 radical (unpaired) electrons. The summed E-state index contributed by atoms with van der Waals surface area (Å²) in [4.78, 5) is 15.1. The van der Waals surface area contributed by atoms with Crippen molar-refractivity contribution in [3.05, 3.63) is 76.8 Å². The summed E-state index contributed by atoms with van der Waals surface area (Å²) >= 11 is 3.39. The van der Waals surface area contributed by atoms with Gasteiger partial charge in [0, 0.05) is 34.7 Å². The molecule has 2 atom stereocenters. The van der Waals surface area contributed by atoms with Gasteiger partial charge in [0.05, 0.1) is 6.61 Å². The van der Waals surface area contributed by atoms with E-state index in [1.54, 1.807) is 0 Å². The molecule has 2 aliphatic rings. The van der Waals surface area contributed by atoms with Gasteiger partial charge in [-0.3, -0.25) is 9.69 Å². The van der Waals surface area contributed by atoms with E-state index in [4.69, 9.17) is 4.74 Å². The monoisotopic (exact) mass is 475 g/mol. The van der Waals surface area contributed by atoms with E-state index in [1.807, 2.05) is 54.6 Å². The molecular formula is C24H27BrClNO2. The molecule has 0 heterocycles. The molecule has 0 amide bonds. The Labute approximate surface area is 187 Å². The molecule has 2 aromatic carbocycles. The third-order valence-electron chi connectivity index (χ3n) is 5.65.